The summed E-state index contributed by atoms with van der Waals surface area (Å²) in [6.45, 7) is 4.05. The van der Waals surface area contributed by atoms with E-state index in [4.69, 9.17) is 0 Å². The summed E-state index contributed by atoms with van der Waals surface area (Å²) in [5, 5.41) is 4.32. The topological polar surface area (TPSA) is 45.2 Å². The van der Waals surface area contributed by atoms with Gasteiger partial charge in [0.2, 0.25) is 5.91 Å². The number of carbonyl (C=O) groups is 1. The first kappa shape index (κ1) is 12.9. The summed E-state index contributed by atoms with van der Waals surface area (Å²) in [5.41, 5.74) is 0. The first-order chi connectivity index (χ1) is 9.22. The van der Waals surface area contributed by atoms with Crippen LogP contribution in [0, 0.1) is 12.8 Å². The van der Waals surface area contributed by atoms with Gasteiger partial charge in [-0.25, -0.2) is 4.98 Å². The van der Waals surface area contributed by atoms with Gasteiger partial charge in [0, 0.05) is 36.1 Å². The number of rotatable bonds is 3. The lowest BCUT2D eigenvalue weighted by molar-refractivity contribution is -0.128. The number of aryl methyl sites for hydroxylation is 1. The van der Waals surface area contributed by atoms with Crippen molar-refractivity contribution in [3.63, 3.8) is 0 Å². The van der Waals surface area contributed by atoms with Crippen molar-refractivity contribution in [2.75, 3.05) is 18.0 Å². The van der Waals surface area contributed by atoms with Crippen molar-refractivity contribution in [3.05, 3.63) is 11.1 Å². The molecular weight excluding hydrogens is 258 g/mol. The van der Waals surface area contributed by atoms with E-state index in [1.165, 1.54) is 11.3 Å². The van der Waals surface area contributed by atoms with Crippen LogP contribution >= 0.6 is 11.3 Å². The number of amides is 1. The number of piperidine rings is 1. The van der Waals surface area contributed by atoms with E-state index >= 15 is 0 Å². The summed E-state index contributed by atoms with van der Waals surface area (Å²) in [5.74, 6) is 0.561. The third kappa shape index (κ3) is 2.91. The molecule has 1 atom stereocenters. The lowest BCUT2D eigenvalue weighted by Crippen LogP contribution is -2.50. The fraction of sp³-hybridized carbons (Fsp3) is 0.714. The average Bonchev–Trinajstić information content (AvgIpc) is 2.74. The van der Waals surface area contributed by atoms with E-state index in [1.54, 1.807) is 11.3 Å². The Morgan fingerprint density at radius 3 is 2.89 bits per heavy atom. The van der Waals surface area contributed by atoms with Crippen LogP contribution < -0.4 is 10.2 Å². The molecule has 0 spiro atoms. The maximum atomic E-state index is 12.0. The number of nitrogens with zero attached hydrogens (tertiary/aromatic N) is 2. The van der Waals surface area contributed by atoms with Crippen LogP contribution in [0.1, 0.15) is 37.0 Å². The lowest BCUT2D eigenvalue weighted by Gasteiger charge is -2.34. The molecule has 19 heavy (non-hydrogen) atoms. The second kappa shape index (κ2) is 5.49. The lowest BCUT2D eigenvalue weighted by atomic mass is 9.84. The molecule has 2 fully saturated rings. The summed E-state index contributed by atoms with van der Waals surface area (Å²) >= 11 is 1.74. The quantitative estimate of drug-likeness (QED) is 0.923. The van der Waals surface area contributed by atoms with Crippen molar-refractivity contribution in [3.8, 4) is 0 Å². The van der Waals surface area contributed by atoms with Gasteiger partial charge in [0.25, 0.3) is 0 Å². The fourth-order valence-electron chi connectivity index (χ4n) is 2.75. The summed E-state index contributed by atoms with van der Waals surface area (Å²) in [6.07, 6.45) is 7.53. The van der Waals surface area contributed by atoms with Crippen LogP contribution in [0.2, 0.25) is 0 Å². The highest BCUT2D eigenvalue weighted by atomic mass is 32.1. The van der Waals surface area contributed by atoms with Gasteiger partial charge in [-0.15, -0.1) is 11.3 Å². The molecule has 1 amide bonds. The smallest absolute Gasteiger partial charge is 0.223 e. The fourth-order valence-corrected chi connectivity index (χ4v) is 3.54. The normalized spacial score (nSPS) is 24.1. The molecular formula is C14H21N3OS. The first-order valence-electron chi connectivity index (χ1n) is 7.20. The zero-order valence-electron chi connectivity index (χ0n) is 11.4. The molecule has 104 valence electrons. The van der Waals surface area contributed by atoms with Crippen molar-refractivity contribution in [1.29, 1.82) is 0 Å². The minimum atomic E-state index is 0.272. The van der Waals surface area contributed by atoms with Crippen LogP contribution in [-0.4, -0.2) is 30.0 Å². The number of aromatic nitrogens is 1. The van der Waals surface area contributed by atoms with Crippen LogP contribution in [0.4, 0.5) is 5.13 Å². The van der Waals surface area contributed by atoms with Gasteiger partial charge in [-0.05, 0) is 32.6 Å². The summed E-state index contributed by atoms with van der Waals surface area (Å²) in [7, 11) is 0. The predicted octanol–water partition coefficient (Wildman–Crippen LogP) is 2.34. The monoisotopic (exact) mass is 279 g/mol. The summed E-state index contributed by atoms with van der Waals surface area (Å²) < 4.78 is 0. The highest BCUT2D eigenvalue weighted by Gasteiger charge is 2.29. The molecule has 1 unspecified atom stereocenters. The van der Waals surface area contributed by atoms with Crippen LogP contribution in [0.25, 0.3) is 0 Å². The van der Waals surface area contributed by atoms with Gasteiger partial charge in [0.05, 0.1) is 0 Å². The number of thiazole rings is 1. The van der Waals surface area contributed by atoms with E-state index in [-0.39, 0.29) is 11.8 Å². The molecule has 3 rings (SSSR count). The van der Waals surface area contributed by atoms with Gasteiger partial charge in [0.15, 0.2) is 5.13 Å². The van der Waals surface area contributed by atoms with Gasteiger partial charge in [-0.1, -0.05) is 6.42 Å². The Bertz CT molecular complexity index is 455. The molecule has 1 aromatic heterocycles. The van der Waals surface area contributed by atoms with E-state index in [9.17, 15) is 4.79 Å². The van der Waals surface area contributed by atoms with Crippen LogP contribution in [0.3, 0.4) is 0 Å². The number of hydrogen-bond acceptors (Lipinski definition) is 4. The maximum absolute atomic E-state index is 12.0. The minimum Gasteiger partial charge on any atom is -0.351 e. The highest BCUT2D eigenvalue weighted by Crippen LogP contribution is 2.28. The minimum absolute atomic E-state index is 0.272. The number of carbonyl (C=O) groups excluding carboxylic acids is 1. The van der Waals surface area contributed by atoms with E-state index in [0.29, 0.717) is 6.04 Å². The van der Waals surface area contributed by atoms with Crippen molar-refractivity contribution < 1.29 is 4.79 Å². The van der Waals surface area contributed by atoms with E-state index < -0.39 is 0 Å². The first-order valence-corrected chi connectivity index (χ1v) is 8.02. The van der Waals surface area contributed by atoms with Gasteiger partial charge < -0.3 is 10.2 Å². The van der Waals surface area contributed by atoms with Crippen molar-refractivity contribution in [2.45, 2.75) is 45.1 Å². The van der Waals surface area contributed by atoms with Gasteiger partial charge >= 0.3 is 0 Å². The summed E-state index contributed by atoms with van der Waals surface area (Å²) in [4.78, 5) is 20.0. The number of anilines is 1. The standard InChI is InChI=1S/C14H21N3OS/c1-10-8-15-14(19-10)17-7-3-6-12(9-17)16-13(18)11-4-2-5-11/h8,11-12H,2-7,9H2,1H3,(H,16,18). The predicted molar refractivity (Wildman–Crippen MR) is 77.6 cm³/mol. The third-order valence-electron chi connectivity index (χ3n) is 4.12. The Labute approximate surface area is 118 Å². The van der Waals surface area contributed by atoms with E-state index in [2.05, 4.69) is 22.1 Å². The summed E-state index contributed by atoms with van der Waals surface area (Å²) in [6, 6.07) is 0.297. The zero-order chi connectivity index (χ0) is 13.2. The molecule has 1 N–H and O–H groups in total. The van der Waals surface area contributed by atoms with Gasteiger partial charge in [-0.3, -0.25) is 4.79 Å². The molecule has 1 saturated heterocycles. The number of nitrogens with one attached hydrogen (secondary N) is 1. The molecule has 4 nitrogen and oxygen atoms in total. The molecule has 0 aromatic carbocycles. The highest BCUT2D eigenvalue weighted by molar-refractivity contribution is 7.15. The SMILES string of the molecule is Cc1cnc(N2CCCC(NC(=O)C3CCC3)C2)s1. The van der Waals surface area contributed by atoms with Crippen LogP contribution in [0.5, 0.6) is 0 Å². The van der Waals surface area contributed by atoms with Crippen molar-refractivity contribution in [1.82, 2.24) is 10.3 Å². The molecule has 1 aliphatic heterocycles. The van der Waals surface area contributed by atoms with E-state index in [1.807, 2.05) is 6.20 Å². The Morgan fingerprint density at radius 1 is 1.42 bits per heavy atom. The Morgan fingerprint density at radius 2 is 2.26 bits per heavy atom. The molecule has 1 aliphatic carbocycles. The molecule has 0 radical (unpaired) electrons. The molecule has 0 bridgehead atoms. The van der Waals surface area contributed by atoms with Crippen LogP contribution in [0.15, 0.2) is 6.20 Å². The second-order valence-corrected chi connectivity index (χ2v) is 6.89. The molecule has 2 heterocycles. The second-order valence-electron chi connectivity index (χ2n) is 5.68. The Balaban J connectivity index is 1.57. The largest absolute Gasteiger partial charge is 0.351 e. The average molecular weight is 279 g/mol. The Hall–Kier alpha value is -1.10. The Kier molecular flexibility index (Phi) is 3.73. The molecule has 2 aliphatic rings. The van der Waals surface area contributed by atoms with Crippen LogP contribution in [-0.2, 0) is 4.79 Å². The third-order valence-corrected chi connectivity index (χ3v) is 5.10. The van der Waals surface area contributed by atoms with Crippen molar-refractivity contribution >= 4 is 22.4 Å². The maximum Gasteiger partial charge on any atom is 0.223 e. The van der Waals surface area contributed by atoms with Gasteiger partial charge in [0.1, 0.15) is 0 Å². The molecule has 5 heteroatoms. The zero-order valence-corrected chi connectivity index (χ0v) is 12.2. The molecule has 1 aromatic rings. The molecule has 1 saturated carbocycles. The number of hydrogen-bond donors (Lipinski definition) is 1. The van der Waals surface area contributed by atoms with Gasteiger partial charge in [-0.2, -0.15) is 0 Å². The van der Waals surface area contributed by atoms with E-state index in [0.717, 1.165) is 43.9 Å². The van der Waals surface area contributed by atoms with Crippen molar-refractivity contribution in [2.24, 2.45) is 5.92 Å².